The zero-order valence-corrected chi connectivity index (χ0v) is 23.1. The third-order valence-electron chi connectivity index (χ3n) is 8.00. The molecule has 6 aromatic carbocycles. The molecule has 0 atom stereocenters. The van der Waals surface area contributed by atoms with Gasteiger partial charge in [0.15, 0.2) is 0 Å². The van der Waals surface area contributed by atoms with E-state index in [0.29, 0.717) is 22.3 Å². The molecule has 3 nitrogen and oxygen atoms in total. The average Bonchev–Trinajstić information content (AvgIpc) is 3.62. The molecule has 4 heteroatoms. The molecule has 0 saturated carbocycles. The maximum absolute atomic E-state index is 10.8. The number of nitriles is 2. The van der Waals surface area contributed by atoms with Crippen LogP contribution in [0.2, 0.25) is 0 Å². The topological polar surface area (TPSA) is 60.7 Å². The SMILES string of the molecule is N#Cc1c(-c2ccccc2)cc(-c2ccc3c(c2)sc2ccccc23)c(C#N)c1-c1cccc2c1oc1ccccc12. The molecule has 0 spiro atoms. The van der Waals surface area contributed by atoms with E-state index in [-0.39, 0.29) is 0 Å². The van der Waals surface area contributed by atoms with Crippen molar-refractivity contribution in [1.82, 2.24) is 0 Å². The summed E-state index contributed by atoms with van der Waals surface area (Å²) in [6, 6.07) is 45.6. The van der Waals surface area contributed by atoms with Gasteiger partial charge >= 0.3 is 0 Å². The predicted molar refractivity (Wildman–Crippen MR) is 172 cm³/mol. The molecule has 0 fully saturated rings. The van der Waals surface area contributed by atoms with Crippen molar-refractivity contribution in [1.29, 1.82) is 10.5 Å². The minimum absolute atomic E-state index is 0.456. The molecule has 0 unspecified atom stereocenters. The lowest BCUT2D eigenvalue weighted by molar-refractivity contribution is 0.670. The highest BCUT2D eigenvalue weighted by molar-refractivity contribution is 7.25. The summed E-state index contributed by atoms with van der Waals surface area (Å²) in [7, 11) is 0. The fourth-order valence-electron chi connectivity index (χ4n) is 6.10. The number of hydrogen-bond donors (Lipinski definition) is 0. The van der Waals surface area contributed by atoms with E-state index in [0.717, 1.165) is 48.9 Å². The first-order valence-electron chi connectivity index (χ1n) is 13.6. The molecule has 0 N–H and O–H groups in total. The standard InChI is InChI=1S/C38H20N2OS/c39-21-32-30(23-9-2-1-3-10-23)20-31(24-17-18-27-26-12-5-7-16-35(26)42-36(27)19-24)33(22-40)37(32)29-14-8-13-28-25-11-4-6-15-34(25)41-38(28)29/h1-20H. The number of para-hydroxylation sites is 2. The van der Waals surface area contributed by atoms with Crippen LogP contribution in [0.5, 0.6) is 0 Å². The van der Waals surface area contributed by atoms with Crippen LogP contribution in [0, 0.1) is 22.7 Å². The van der Waals surface area contributed by atoms with Crippen LogP contribution in [0.1, 0.15) is 11.1 Å². The van der Waals surface area contributed by atoms with Crippen molar-refractivity contribution in [2.24, 2.45) is 0 Å². The van der Waals surface area contributed by atoms with E-state index in [2.05, 4.69) is 54.6 Å². The first-order valence-corrected chi connectivity index (χ1v) is 14.5. The van der Waals surface area contributed by atoms with E-state index in [9.17, 15) is 10.5 Å². The van der Waals surface area contributed by atoms with Crippen LogP contribution < -0.4 is 0 Å². The molecule has 0 aliphatic heterocycles. The van der Waals surface area contributed by atoms with Gasteiger partial charge < -0.3 is 4.42 Å². The van der Waals surface area contributed by atoms with Gasteiger partial charge in [0.1, 0.15) is 23.3 Å². The number of furan rings is 1. The molecule has 0 amide bonds. The minimum atomic E-state index is 0.456. The summed E-state index contributed by atoms with van der Waals surface area (Å²) in [6.45, 7) is 0. The van der Waals surface area contributed by atoms with Gasteiger partial charge in [0, 0.05) is 53.2 Å². The van der Waals surface area contributed by atoms with Crippen LogP contribution in [0.4, 0.5) is 0 Å². The molecule has 42 heavy (non-hydrogen) atoms. The lowest BCUT2D eigenvalue weighted by atomic mass is 9.83. The van der Waals surface area contributed by atoms with Crippen molar-refractivity contribution in [2.45, 2.75) is 0 Å². The Kier molecular flexibility index (Phi) is 5.44. The Bertz CT molecular complexity index is 2430. The molecule has 0 bridgehead atoms. The van der Waals surface area contributed by atoms with Crippen molar-refractivity contribution in [3.05, 3.63) is 132 Å². The van der Waals surface area contributed by atoms with Gasteiger partial charge in [-0.2, -0.15) is 10.5 Å². The maximum Gasteiger partial charge on any atom is 0.143 e. The fraction of sp³-hybridized carbons (Fsp3) is 0. The van der Waals surface area contributed by atoms with E-state index in [1.807, 2.05) is 78.9 Å². The first kappa shape index (κ1) is 24.1. The number of nitrogens with zero attached hydrogens (tertiary/aromatic N) is 2. The molecular formula is C38H20N2OS. The highest BCUT2D eigenvalue weighted by Gasteiger charge is 2.24. The summed E-state index contributed by atoms with van der Waals surface area (Å²) in [5, 5.41) is 25.8. The summed E-state index contributed by atoms with van der Waals surface area (Å²) in [5.74, 6) is 0. The van der Waals surface area contributed by atoms with E-state index in [1.54, 1.807) is 11.3 Å². The molecule has 0 aliphatic rings. The van der Waals surface area contributed by atoms with Crippen LogP contribution in [0.3, 0.4) is 0 Å². The number of fused-ring (bicyclic) bond motifs is 6. The normalized spacial score (nSPS) is 11.3. The Morgan fingerprint density at radius 1 is 0.500 bits per heavy atom. The molecule has 0 aliphatic carbocycles. The predicted octanol–water partition coefficient (Wildman–Crippen LogP) is 10.7. The quantitative estimate of drug-likeness (QED) is 0.219. The van der Waals surface area contributed by atoms with Crippen molar-refractivity contribution >= 4 is 53.4 Å². The zero-order valence-electron chi connectivity index (χ0n) is 22.3. The highest BCUT2D eigenvalue weighted by atomic mass is 32.1. The van der Waals surface area contributed by atoms with Crippen LogP contribution in [-0.2, 0) is 0 Å². The molecule has 0 saturated heterocycles. The summed E-state index contributed by atoms with van der Waals surface area (Å²) >= 11 is 1.75. The molecule has 2 aromatic heterocycles. The van der Waals surface area contributed by atoms with Gasteiger partial charge in [0.2, 0.25) is 0 Å². The van der Waals surface area contributed by atoms with Gasteiger partial charge in [-0.15, -0.1) is 11.3 Å². The van der Waals surface area contributed by atoms with Crippen molar-refractivity contribution in [2.75, 3.05) is 0 Å². The van der Waals surface area contributed by atoms with Gasteiger partial charge in [-0.05, 0) is 35.4 Å². The van der Waals surface area contributed by atoms with E-state index in [1.165, 1.54) is 15.5 Å². The molecular weight excluding hydrogens is 532 g/mol. The summed E-state index contributed by atoms with van der Waals surface area (Å²) < 4.78 is 8.79. The van der Waals surface area contributed by atoms with Crippen LogP contribution >= 0.6 is 11.3 Å². The summed E-state index contributed by atoms with van der Waals surface area (Å²) in [6.07, 6.45) is 0. The number of thiophene rings is 1. The largest absolute Gasteiger partial charge is 0.455 e. The van der Waals surface area contributed by atoms with Crippen LogP contribution in [0.15, 0.2) is 126 Å². The minimum Gasteiger partial charge on any atom is -0.455 e. The number of benzene rings is 6. The summed E-state index contributed by atoms with van der Waals surface area (Å²) in [5.41, 5.74) is 7.11. The van der Waals surface area contributed by atoms with Crippen LogP contribution in [0.25, 0.3) is 75.5 Å². The van der Waals surface area contributed by atoms with Crippen molar-refractivity contribution in [3.63, 3.8) is 0 Å². The smallest absolute Gasteiger partial charge is 0.143 e. The Morgan fingerprint density at radius 3 is 1.98 bits per heavy atom. The Morgan fingerprint density at radius 2 is 1.17 bits per heavy atom. The van der Waals surface area contributed by atoms with Gasteiger partial charge in [-0.1, -0.05) is 97.1 Å². The second kappa shape index (κ2) is 9.46. The Balaban J connectivity index is 1.49. The van der Waals surface area contributed by atoms with Crippen molar-refractivity contribution in [3.8, 4) is 45.5 Å². The lowest BCUT2D eigenvalue weighted by Gasteiger charge is -2.17. The Labute approximate surface area is 245 Å². The van der Waals surface area contributed by atoms with E-state index < -0.39 is 0 Å². The molecule has 194 valence electrons. The second-order valence-corrected chi connectivity index (χ2v) is 11.4. The monoisotopic (exact) mass is 552 g/mol. The van der Waals surface area contributed by atoms with Crippen LogP contribution in [-0.4, -0.2) is 0 Å². The molecule has 2 heterocycles. The van der Waals surface area contributed by atoms with Gasteiger partial charge in [-0.3, -0.25) is 0 Å². The van der Waals surface area contributed by atoms with Gasteiger partial charge in [-0.25, -0.2) is 0 Å². The van der Waals surface area contributed by atoms with Gasteiger partial charge in [0.05, 0.1) is 11.1 Å². The summed E-state index contributed by atoms with van der Waals surface area (Å²) in [4.78, 5) is 0. The second-order valence-electron chi connectivity index (χ2n) is 10.3. The van der Waals surface area contributed by atoms with Crippen molar-refractivity contribution < 1.29 is 4.42 Å². The van der Waals surface area contributed by atoms with E-state index >= 15 is 0 Å². The highest BCUT2D eigenvalue weighted by Crippen LogP contribution is 2.45. The maximum atomic E-state index is 10.8. The number of rotatable bonds is 3. The zero-order chi connectivity index (χ0) is 28.2. The number of hydrogen-bond acceptors (Lipinski definition) is 4. The average molecular weight is 553 g/mol. The lowest BCUT2D eigenvalue weighted by Crippen LogP contribution is -1.98. The fourth-order valence-corrected chi connectivity index (χ4v) is 7.24. The molecule has 8 rings (SSSR count). The first-order chi connectivity index (χ1) is 20.7. The molecule has 0 radical (unpaired) electrons. The molecule has 8 aromatic rings. The Hall–Kier alpha value is -5.68. The van der Waals surface area contributed by atoms with E-state index in [4.69, 9.17) is 4.42 Å². The third-order valence-corrected chi connectivity index (χ3v) is 9.13. The van der Waals surface area contributed by atoms with Gasteiger partial charge in [0.25, 0.3) is 0 Å². The third kappa shape index (κ3) is 3.57.